The molecule has 0 saturated carbocycles. The van der Waals surface area contributed by atoms with Gasteiger partial charge in [0.2, 0.25) is 0 Å². The van der Waals surface area contributed by atoms with Gasteiger partial charge in [0.1, 0.15) is 18.8 Å². The van der Waals surface area contributed by atoms with E-state index in [2.05, 4.69) is 0 Å². The van der Waals surface area contributed by atoms with Gasteiger partial charge in [0.05, 0.1) is 18.4 Å². The first-order chi connectivity index (χ1) is 8.82. The van der Waals surface area contributed by atoms with Gasteiger partial charge < -0.3 is 19.3 Å². The lowest BCUT2D eigenvalue weighted by Crippen LogP contribution is -2.39. The van der Waals surface area contributed by atoms with Gasteiger partial charge in [0.15, 0.2) is 6.10 Å². The molecule has 1 aliphatic heterocycles. The van der Waals surface area contributed by atoms with E-state index in [9.17, 15) is 14.7 Å². The van der Waals surface area contributed by atoms with Crippen LogP contribution in [-0.2, 0) is 23.8 Å². The summed E-state index contributed by atoms with van der Waals surface area (Å²) in [5.41, 5.74) is 0. The van der Waals surface area contributed by atoms with E-state index in [0.717, 1.165) is 0 Å². The first-order valence-electron chi connectivity index (χ1n) is 6.49. The van der Waals surface area contributed by atoms with Crippen LogP contribution >= 0.6 is 0 Å². The quantitative estimate of drug-likeness (QED) is 0.736. The van der Waals surface area contributed by atoms with Crippen molar-refractivity contribution in [1.82, 2.24) is 0 Å². The predicted octanol–water partition coefficient (Wildman–Crippen LogP) is 0.513. The summed E-state index contributed by atoms with van der Waals surface area (Å²) in [6, 6.07) is 0. The molecule has 1 saturated heterocycles. The fraction of sp³-hybridized carbons (Fsp3) is 0.846. The van der Waals surface area contributed by atoms with E-state index in [-0.39, 0.29) is 31.0 Å². The summed E-state index contributed by atoms with van der Waals surface area (Å²) in [6.45, 7) is 6.91. The molecule has 0 radical (unpaired) electrons. The highest BCUT2D eigenvalue weighted by Crippen LogP contribution is 2.20. The zero-order valence-corrected chi connectivity index (χ0v) is 11.8. The van der Waals surface area contributed by atoms with Crippen molar-refractivity contribution in [2.24, 2.45) is 11.8 Å². The largest absolute Gasteiger partial charge is 0.463 e. The summed E-state index contributed by atoms with van der Waals surface area (Å²) >= 11 is 0. The van der Waals surface area contributed by atoms with Crippen molar-refractivity contribution >= 4 is 11.9 Å². The first kappa shape index (κ1) is 15.9. The van der Waals surface area contributed by atoms with Gasteiger partial charge in [-0.05, 0) is 0 Å². The number of aliphatic hydroxyl groups excluding tert-OH is 1. The van der Waals surface area contributed by atoms with Crippen LogP contribution in [0.2, 0.25) is 0 Å². The van der Waals surface area contributed by atoms with Crippen LogP contribution in [0.1, 0.15) is 27.7 Å². The topological polar surface area (TPSA) is 82.1 Å². The van der Waals surface area contributed by atoms with Crippen LogP contribution in [0.4, 0.5) is 0 Å². The zero-order valence-electron chi connectivity index (χ0n) is 11.8. The molecule has 1 aliphatic rings. The maximum atomic E-state index is 11.5. The number of aliphatic hydroxyl groups is 1. The molecule has 0 aromatic heterocycles. The van der Waals surface area contributed by atoms with Crippen molar-refractivity contribution in [1.29, 1.82) is 0 Å². The van der Waals surface area contributed by atoms with Gasteiger partial charge in [0, 0.05) is 0 Å². The van der Waals surface area contributed by atoms with Gasteiger partial charge in [-0.25, -0.2) is 0 Å². The molecule has 0 aromatic rings. The summed E-state index contributed by atoms with van der Waals surface area (Å²) in [4.78, 5) is 22.9. The van der Waals surface area contributed by atoms with Gasteiger partial charge in [-0.15, -0.1) is 0 Å². The maximum Gasteiger partial charge on any atom is 0.308 e. The molecular formula is C13H22O6. The Bertz CT molecular complexity index is 325. The van der Waals surface area contributed by atoms with Gasteiger partial charge in [-0.1, -0.05) is 27.7 Å². The number of carbonyl (C=O) groups is 2. The van der Waals surface area contributed by atoms with Crippen LogP contribution in [0.5, 0.6) is 0 Å². The lowest BCUT2D eigenvalue weighted by atomic mass is 10.1. The SMILES string of the molecule is CC(C)C(=O)OCC1OCC(O)C1OC(=O)C(C)C. The number of ether oxygens (including phenoxy) is 3. The van der Waals surface area contributed by atoms with Crippen LogP contribution in [0, 0.1) is 11.8 Å². The second-order valence-electron chi connectivity index (χ2n) is 5.28. The molecule has 19 heavy (non-hydrogen) atoms. The molecule has 0 aliphatic carbocycles. The minimum Gasteiger partial charge on any atom is -0.463 e. The summed E-state index contributed by atoms with van der Waals surface area (Å²) in [5, 5.41) is 9.72. The predicted molar refractivity (Wildman–Crippen MR) is 66.3 cm³/mol. The average molecular weight is 274 g/mol. The van der Waals surface area contributed by atoms with E-state index >= 15 is 0 Å². The third-order valence-electron chi connectivity index (χ3n) is 2.81. The number of carbonyl (C=O) groups excluding carboxylic acids is 2. The molecule has 6 heteroatoms. The highest BCUT2D eigenvalue weighted by Gasteiger charge is 2.40. The van der Waals surface area contributed by atoms with E-state index in [0.29, 0.717) is 0 Å². The molecule has 0 bridgehead atoms. The molecular weight excluding hydrogens is 252 g/mol. The second kappa shape index (κ2) is 6.86. The van der Waals surface area contributed by atoms with Crippen molar-refractivity contribution in [3.63, 3.8) is 0 Å². The molecule has 1 heterocycles. The van der Waals surface area contributed by atoms with E-state index < -0.39 is 24.3 Å². The summed E-state index contributed by atoms with van der Waals surface area (Å²) < 4.78 is 15.5. The Labute approximate surface area is 113 Å². The number of hydrogen-bond acceptors (Lipinski definition) is 6. The monoisotopic (exact) mass is 274 g/mol. The summed E-state index contributed by atoms with van der Waals surface area (Å²) in [6.07, 6.45) is -2.28. The third kappa shape index (κ3) is 4.47. The Kier molecular flexibility index (Phi) is 5.75. The Hall–Kier alpha value is -1.14. The number of hydrogen-bond donors (Lipinski definition) is 1. The highest BCUT2D eigenvalue weighted by molar-refractivity contribution is 5.72. The van der Waals surface area contributed by atoms with Crippen LogP contribution in [-0.4, -0.2) is 48.6 Å². The Morgan fingerprint density at radius 3 is 2.32 bits per heavy atom. The zero-order chi connectivity index (χ0) is 14.6. The molecule has 0 spiro atoms. The Morgan fingerprint density at radius 2 is 1.79 bits per heavy atom. The van der Waals surface area contributed by atoms with Gasteiger partial charge in [-0.3, -0.25) is 9.59 Å². The minimum absolute atomic E-state index is 0.0237. The Balaban J connectivity index is 2.52. The molecule has 1 fully saturated rings. The van der Waals surface area contributed by atoms with E-state index in [1.54, 1.807) is 27.7 Å². The average Bonchev–Trinajstić information content (AvgIpc) is 2.67. The molecule has 0 aromatic carbocycles. The normalized spacial score (nSPS) is 26.8. The van der Waals surface area contributed by atoms with Crippen LogP contribution < -0.4 is 0 Å². The molecule has 3 atom stereocenters. The van der Waals surface area contributed by atoms with Crippen molar-refractivity contribution < 1.29 is 28.9 Å². The van der Waals surface area contributed by atoms with Crippen molar-refractivity contribution in [2.45, 2.75) is 46.0 Å². The van der Waals surface area contributed by atoms with Gasteiger partial charge >= 0.3 is 11.9 Å². The maximum absolute atomic E-state index is 11.5. The lowest BCUT2D eigenvalue weighted by Gasteiger charge is -2.21. The third-order valence-corrected chi connectivity index (χ3v) is 2.81. The molecule has 1 rings (SSSR count). The van der Waals surface area contributed by atoms with E-state index in [4.69, 9.17) is 14.2 Å². The van der Waals surface area contributed by atoms with Gasteiger partial charge in [-0.2, -0.15) is 0 Å². The van der Waals surface area contributed by atoms with E-state index in [1.165, 1.54) is 0 Å². The molecule has 3 unspecified atom stereocenters. The Morgan fingerprint density at radius 1 is 1.21 bits per heavy atom. The molecule has 1 N–H and O–H groups in total. The highest BCUT2D eigenvalue weighted by atomic mass is 16.6. The van der Waals surface area contributed by atoms with Crippen LogP contribution in [0.3, 0.4) is 0 Å². The molecule has 0 amide bonds. The standard InChI is InChI=1S/C13H22O6/c1-7(2)12(15)18-6-10-11(9(14)5-17-10)19-13(16)8(3)4/h7-11,14H,5-6H2,1-4H3. The molecule has 6 nitrogen and oxygen atoms in total. The smallest absolute Gasteiger partial charge is 0.308 e. The fourth-order valence-electron chi connectivity index (χ4n) is 1.56. The van der Waals surface area contributed by atoms with Gasteiger partial charge in [0.25, 0.3) is 0 Å². The molecule has 110 valence electrons. The first-order valence-corrected chi connectivity index (χ1v) is 6.49. The van der Waals surface area contributed by atoms with Crippen molar-refractivity contribution in [3.05, 3.63) is 0 Å². The fourth-order valence-corrected chi connectivity index (χ4v) is 1.56. The van der Waals surface area contributed by atoms with Crippen LogP contribution in [0.25, 0.3) is 0 Å². The second-order valence-corrected chi connectivity index (χ2v) is 5.28. The number of esters is 2. The lowest BCUT2D eigenvalue weighted by molar-refractivity contribution is -0.163. The van der Waals surface area contributed by atoms with E-state index in [1.807, 2.05) is 0 Å². The van der Waals surface area contributed by atoms with Crippen LogP contribution in [0.15, 0.2) is 0 Å². The summed E-state index contributed by atoms with van der Waals surface area (Å²) in [5.74, 6) is -1.27. The minimum atomic E-state index is -0.884. The summed E-state index contributed by atoms with van der Waals surface area (Å²) in [7, 11) is 0. The van der Waals surface area contributed by atoms with Crippen molar-refractivity contribution in [2.75, 3.05) is 13.2 Å². The van der Waals surface area contributed by atoms with Crippen molar-refractivity contribution in [3.8, 4) is 0 Å². The number of rotatable bonds is 5.